The molecule has 4 rings (SSSR count). The Balaban J connectivity index is 0.000000141. The Labute approximate surface area is 143 Å². The molecule has 0 saturated heterocycles. The van der Waals surface area contributed by atoms with Crippen molar-refractivity contribution in [1.82, 2.24) is 0 Å². The van der Waals surface area contributed by atoms with Crippen molar-refractivity contribution in [2.24, 2.45) is 11.8 Å². The second kappa shape index (κ2) is 7.12. The average Bonchev–Trinajstić information content (AvgIpc) is 3.49. The molecule has 0 bridgehead atoms. The third kappa shape index (κ3) is 4.00. The van der Waals surface area contributed by atoms with Crippen molar-refractivity contribution in [3.8, 4) is 0 Å². The highest BCUT2D eigenvalue weighted by Crippen LogP contribution is 2.48. The van der Waals surface area contributed by atoms with Gasteiger partial charge in [0, 0.05) is 11.8 Å². The van der Waals surface area contributed by atoms with Gasteiger partial charge in [-0.2, -0.15) is 0 Å². The quantitative estimate of drug-likeness (QED) is 0.814. The van der Waals surface area contributed by atoms with Gasteiger partial charge in [0.2, 0.25) is 0 Å². The predicted molar refractivity (Wildman–Crippen MR) is 95.9 cm³/mol. The van der Waals surface area contributed by atoms with Gasteiger partial charge in [0.25, 0.3) is 0 Å². The van der Waals surface area contributed by atoms with Gasteiger partial charge >= 0.3 is 0 Å². The topological polar surface area (TPSA) is 34.1 Å². The first-order chi connectivity index (χ1) is 11.6. The van der Waals surface area contributed by atoms with Gasteiger partial charge in [0.05, 0.1) is 0 Å². The van der Waals surface area contributed by atoms with E-state index in [9.17, 15) is 9.59 Å². The molecule has 2 saturated carbocycles. The summed E-state index contributed by atoms with van der Waals surface area (Å²) in [5, 5.41) is 0. The molecule has 2 aromatic rings. The molecule has 2 aliphatic rings. The average molecular weight is 320 g/mol. The van der Waals surface area contributed by atoms with Gasteiger partial charge in [0.1, 0.15) is 11.6 Å². The van der Waals surface area contributed by atoms with Crippen LogP contribution in [0.15, 0.2) is 60.7 Å². The number of ketones is 2. The van der Waals surface area contributed by atoms with Crippen molar-refractivity contribution >= 4 is 11.6 Å². The van der Waals surface area contributed by atoms with Crippen molar-refractivity contribution < 1.29 is 9.59 Å². The predicted octanol–water partition coefficient (Wildman–Crippen LogP) is 4.76. The van der Waals surface area contributed by atoms with Crippen LogP contribution in [0.2, 0.25) is 0 Å². The van der Waals surface area contributed by atoms with Gasteiger partial charge in [-0.15, -0.1) is 0 Å². The molecule has 24 heavy (non-hydrogen) atoms. The number of carbonyl (C=O) groups is 2. The molecule has 0 amide bonds. The van der Waals surface area contributed by atoms with E-state index >= 15 is 0 Å². The molecule has 0 heterocycles. The van der Waals surface area contributed by atoms with Crippen molar-refractivity contribution in [2.75, 3.05) is 0 Å². The highest BCUT2D eigenvalue weighted by Gasteiger charge is 2.42. The number of hydrogen-bond acceptors (Lipinski definition) is 2. The zero-order valence-corrected chi connectivity index (χ0v) is 14.3. The first-order valence-electron chi connectivity index (χ1n) is 8.68. The molecule has 0 spiro atoms. The van der Waals surface area contributed by atoms with Crippen molar-refractivity contribution in [2.45, 2.75) is 38.5 Å². The highest BCUT2D eigenvalue weighted by atomic mass is 16.1. The Hall–Kier alpha value is -2.22. The van der Waals surface area contributed by atoms with E-state index in [0.29, 0.717) is 35.2 Å². The summed E-state index contributed by atoms with van der Waals surface area (Å²) >= 11 is 0. The highest BCUT2D eigenvalue weighted by molar-refractivity contribution is 5.83. The number of benzene rings is 2. The van der Waals surface area contributed by atoms with Gasteiger partial charge in [-0.05, 0) is 49.7 Å². The summed E-state index contributed by atoms with van der Waals surface area (Å²) in [5.41, 5.74) is 2.63. The van der Waals surface area contributed by atoms with E-state index in [1.807, 2.05) is 36.4 Å². The van der Waals surface area contributed by atoms with E-state index in [4.69, 9.17) is 0 Å². The lowest BCUT2D eigenvalue weighted by Crippen LogP contribution is -1.94. The molecule has 124 valence electrons. The molecule has 0 radical (unpaired) electrons. The second-order valence-corrected chi connectivity index (χ2v) is 6.94. The molecule has 2 fully saturated rings. The van der Waals surface area contributed by atoms with E-state index in [-0.39, 0.29) is 0 Å². The van der Waals surface area contributed by atoms with Crippen molar-refractivity contribution in [3.05, 3.63) is 71.8 Å². The van der Waals surface area contributed by atoms with Gasteiger partial charge in [0.15, 0.2) is 0 Å². The minimum Gasteiger partial charge on any atom is -0.300 e. The third-order valence-electron chi connectivity index (χ3n) is 5.08. The van der Waals surface area contributed by atoms with Crippen LogP contribution in [-0.2, 0) is 9.59 Å². The fourth-order valence-electron chi connectivity index (χ4n) is 3.43. The fourth-order valence-corrected chi connectivity index (χ4v) is 3.43. The van der Waals surface area contributed by atoms with Crippen LogP contribution in [0.5, 0.6) is 0 Å². The summed E-state index contributed by atoms with van der Waals surface area (Å²) in [5.74, 6) is 2.33. The minimum absolute atomic E-state index is 0.312. The lowest BCUT2D eigenvalue weighted by molar-refractivity contribution is -0.119. The van der Waals surface area contributed by atoms with Crippen LogP contribution >= 0.6 is 0 Å². The Bertz CT molecular complexity index is 642. The third-order valence-corrected chi connectivity index (χ3v) is 5.08. The standard InChI is InChI=1S/2C11H12O/c2*1-8(12)10-7-11(10)9-5-3-2-4-6-9/h2*2-6,10-11H,7H2,1H3/t10-,11+;10-,11-/m01/s1. The van der Waals surface area contributed by atoms with E-state index in [1.54, 1.807) is 13.8 Å². The molecule has 2 nitrogen and oxygen atoms in total. The molecule has 2 aromatic carbocycles. The minimum atomic E-state index is 0.312. The summed E-state index contributed by atoms with van der Waals surface area (Å²) in [6, 6.07) is 20.6. The van der Waals surface area contributed by atoms with Crippen molar-refractivity contribution in [1.29, 1.82) is 0 Å². The summed E-state index contributed by atoms with van der Waals surface area (Å²) < 4.78 is 0. The van der Waals surface area contributed by atoms with E-state index < -0.39 is 0 Å². The molecular formula is C22H24O2. The maximum Gasteiger partial charge on any atom is 0.133 e. The first kappa shape index (κ1) is 16.6. The summed E-state index contributed by atoms with van der Waals surface area (Å²) in [4.78, 5) is 22.0. The first-order valence-corrected chi connectivity index (χ1v) is 8.68. The van der Waals surface area contributed by atoms with Gasteiger partial charge in [-0.1, -0.05) is 60.7 Å². The van der Waals surface area contributed by atoms with Crippen LogP contribution in [0, 0.1) is 11.8 Å². The fraction of sp³-hybridized carbons (Fsp3) is 0.364. The smallest absolute Gasteiger partial charge is 0.133 e. The van der Waals surface area contributed by atoms with Crippen LogP contribution in [0.25, 0.3) is 0 Å². The van der Waals surface area contributed by atoms with E-state index in [0.717, 1.165) is 12.8 Å². The Morgan fingerprint density at radius 3 is 1.25 bits per heavy atom. The van der Waals surface area contributed by atoms with Crippen LogP contribution in [0.3, 0.4) is 0 Å². The van der Waals surface area contributed by atoms with Crippen LogP contribution in [-0.4, -0.2) is 11.6 Å². The van der Waals surface area contributed by atoms with E-state index in [2.05, 4.69) is 24.3 Å². The van der Waals surface area contributed by atoms with Crippen LogP contribution in [0.1, 0.15) is 49.7 Å². The Morgan fingerprint density at radius 2 is 1.00 bits per heavy atom. The number of hydrogen-bond donors (Lipinski definition) is 0. The molecule has 4 atom stereocenters. The lowest BCUT2D eigenvalue weighted by Gasteiger charge is -1.96. The number of Topliss-reactive ketones (excluding diaryl/α,β-unsaturated/α-hetero) is 2. The van der Waals surface area contributed by atoms with Gasteiger partial charge in [-0.3, -0.25) is 9.59 Å². The van der Waals surface area contributed by atoms with Gasteiger partial charge < -0.3 is 0 Å². The molecule has 0 aromatic heterocycles. The van der Waals surface area contributed by atoms with E-state index in [1.165, 1.54) is 11.1 Å². The lowest BCUT2D eigenvalue weighted by atomic mass is 10.1. The van der Waals surface area contributed by atoms with Crippen molar-refractivity contribution in [3.63, 3.8) is 0 Å². The number of carbonyl (C=O) groups excluding carboxylic acids is 2. The molecule has 2 heteroatoms. The maximum atomic E-state index is 11.0. The maximum absolute atomic E-state index is 11.0. The molecular weight excluding hydrogens is 296 g/mol. The van der Waals surface area contributed by atoms with Crippen LogP contribution in [0.4, 0.5) is 0 Å². The zero-order valence-electron chi connectivity index (χ0n) is 14.3. The molecule has 0 unspecified atom stereocenters. The Kier molecular flexibility index (Phi) is 4.94. The van der Waals surface area contributed by atoms with Gasteiger partial charge in [-0.25, -0.2) is 0 Å². The molecule has 0 aliphatic heterocycles. The normalized spacial score (nSPS) is 26.8. The molecule has 2 aliphatic carbocycles. The largest absolute Gasteiger partial charge is 0.300 e. The summed E-state index contributed by atoms with van der Waals surface area (Å²) in [6.07, 6.45) is 2.11. The zero-order chi connectivity index (χ0) is 17.1. The second-order valence-electron chi connectivity index (χ2n) is 6.94. The summed E-state index contributed by atoms with van der Waals surface area (Å²) in [6.45, 7) is 3.38. The summed E-state index contributed by atoms with van der Waals surface area (Å²) in [7, 11) is 0. The SMILES string of the molecule is CC(=O)[C@@H]1C[C@@H]1c1ccccc1.CC(=O)[C@H]1C[C@@H]1c1ccccc1. The molecule has 0 N–H and O–H groups in total. The Morgan fingerprint density at radius 1 is 0.667 bits per heavy atom. The monoisotopic (exact) mass is 320 g/mol. The number of rotatable bonds is 4. The van der Waals surface area contributed by atoms with Crippen LogP contribution < -0.4 is 0 Å².